The summed E-state index contributed by atoms with van der Waals surface area (Å²) in [5.41, 5.74) is 7.14. The molecule has 1 aromatic rings. The highest BCUT2D eigenvalue weighted by Crippen LogP contribution is 2.25. The standard InChI is InChI=1S/C15H25N3/c1-3-14-7-5-4-6-10-18(14)15-11-13(12(2)16)8-9-17-15/h8-9,11-12,14H,3-7,10,16H2,1-2H3/t12-,14?/m1/s1. The lowest BCUT2D eigenvalue weighted by Gasteiger charge is -2.30. The molecule has 0 spiro atoms. The first-order chi connectivity index (χ1) is 8.72. The molecule has 1 aliphatic heterocycles. The number of rotatable bonds is 3. The Morgan fingerprint density at radius 3 is 3.00 bits per heavy atom. The Morgan fingerprint density at radius 2 is 2.28 bits per heavy atom. The number of hydrogen-bond donors (Lipinski definition) is 1. The fourth-order valence-corrected chi connectivity index (χ4v) is 2.78. The van der Waals surface area contributed by atoms with Crippen LogP contribution in [0.3, 0.4) is 0 Å². The molecule has 18 heavy (non-hydrogen) atoms. The molecule has 2 N–H and O–H groups in total. The van der Waals surface area contributed by atoms with E-state index < -0.39 is 0 Å². The van der Waals surface area contributed by atoms with Crippen molar-refractivity contribution >= 4 is 5.82 Å². The minimum absolute atomic E-state index is 0.0822. The molecule has 0 aromatic carbocycles. The molecule has 2 atom stereocenters. The van der Waals surface area contributed by atoms with E-state index in [9.17, 15) is 0 Å². The van der Waals surface area contributed by atoms with Gasteiger partial charge in [-0.1, -0.05) is 19.8 Å². The second-order valence-electron chi connectivity index (χ2n) is 5.34. The van der Waals surface area contributed by atoms with E-state index >= 15 is 0 Å². The van der Waals surface area contributed by atoms with Crippen LogP contribution in [0.15, 0.2) is 18.3 Å². The normalized spacial score (nSPS) is 22.6. The SMILES string of the molecule is CCC1CCCCCN1c1cc([C@@H](C)N)ccn1. The largest absolute Gasteiger partial charge is 0.354 e. The summed E-state index contributed by atoms with van der Waals surface area (Å²) in [5, 5.41) is 0. The van der Waals surface area contributed by atoms with E-state index in [0.717, 1.165) is 12.4 Å². The Hall–Kier alpha value is -1.09. The maximum atomic E-state index is 5.96. The van der Waals surface area contributed by atoms with Crippen molar-refractivity contribution in [3.8, 4) is 0 Å². The highest BCUT2D eigenvalue weighted by molar-refractivity contribution is 5.43. The molecule has 0 saturated carbocycles. The van der Waals surface area contributed by atoms with Crippen LogP contribution in [0.5, 0.6) is 0 Å². The zero-order chi connectivity index (χ0) is 13.0. The second kappa shape index (κ2) is 6.19. The third kappa shape index (κ3) is 3.02. The third-order valence-electron chi connectivity index (χ3n) is 3.94. The van der Waals surface area contributed by atoms with Crippen LogP contribution in [0.2, 0.25) is 0 Å². The molecule has 3 nitrogen and oxygen atoms in total. The number of aromatic nitrogens is 1. The minimum atomic E-state index is 0.0822. The van der Waals surface area contributed by atoms with Gasteiger partial charge in [-0.3, -0.25) is 0 Å². The molecule has 1 aromatic heterocycles. The van der Waals surface area contributed by atoms with Gasteiger partial charge in [0.1, 0.15) is 5.82 Å². The van der Waals surface area contributed by atoms with Gasteiger partial charge in [0.25, 0.3) is 0 Å². The maximum absolute atomic E-state index is 5.96. The maximum Gasteiger partial charge on any atom is 0.129 e. The topological polar surface area (TPSA) is 42.1 Å². The molecule has 1 fully saturated rings. The van der Waals surface area contributed by atoms with E-state index in [2.05, 4.69) is 22.9 Å². The van der Waals surface area contributed by atoms with Gasteiger partial charge in [0, 0.05) is 24.8 Å². The van der Waals surface area contributed by atoms with E-state index in [0.29, 0.717) is 6.04 Å². The van der Waals surface area contributed by atoms with Gasteiger partial charge < -0.3 is 10.6 Å². The van der Waals surface area contributed by atoms with Gasteiger partial charge in [-0.15, -0.1) is 0 Å². The van der Waals surface area contributed by atoms with Crippen molar-refractivity contribution in [2.24, 2.45) is 5.73 Å². The molecule has 2 rings (SSSR count). The lowest BCUT2D eigenvalue weighted by molar-refractivity contribution is 0.552. The fourth-order valence-electron chi connectivity index (χ4n) is 2.78. The number of anilines is 1. The molecule has 2 heterocycles. The predicted molar refractivity (Wildman–Crippen MR) is 76.7 cm³/mol. The summed E-state index contributed by atoms with van der Waals surface area (Å²) < 4.78 is 0. The Kier molecular flexibility index (Phi) is 4.59. The number of nitrogens with zero attached hydrogens (tertiary/aromatic N) is 2. The Balaban J connectivity index is 2.24. The van der Waals surface area contributed by atoms with Gasteiger partial charge >= 0.3 is 0 Å². The first kappa shape index (κ1) is 13.3. The lowest BCUT2D eigenvalue weighted by Crippen LogP contribution is -2.35. The zero-order valence-corrected chi connectivity index (χ0v) is 11.6. The van der Waals surface area contributed by atoms with Crippen LogP contribution >= 0.6 is 0 Å². The number of nitrogens with two attached hydrogens (primary N) is 1. The summed E-state index contributed by atoms with van der Waals surface area (Å²) in [5.74, 6) is 1.11. The van der Waals surface area contributed by atoms with Crippen molar-refractivity contribution in [2.45, 2.75) is 58.0 Å². The summed E-state index contributed by atoms with van der Waals surface area (Å²) in [6, 6.07) is 4.91. The fraction of sp³-hybridized carbons (Fsp3) is 0.667. The van der Waals surface area contributed by atoms with Crippen LogP contribution in [0.1, 0.15) is 57.6 Å². The first-order valence-corrected chi connectivity index (χ1v) is 7.20. The summed E-state index contributed by atoms with van der Waals surface area (Å²) in [6.45, 7) is 5.44. The van der Waals surface area contributed by atoms with Gasteiger partial charge in [-0.05, 0) is 43.9 Å². The summed E-state index contributed by atoms with van der Waals surface area (Å²) in [4.78, 5) is 7.04. The first-order valence-electron chi connectivity index (χ1n) is 7.20. The smallest absolute Gasteiger partial charge is 0.129 e. The molecule has 1 aliphatic rings. The van der Waals surface area contributed by atoms with Gasteiger partial charge in [0.15, 0.2) is 0 Å². The van der Waals surface area contributed by atoms with Gasteiger partial charge in [0.2, 0.25) is 0 Å². The zero-order valence-electron chi connectivity index (χ0n) is 11.6. The molecule has 0 aliphatic carbocycles. The van der Waals surface area contributed by atoms with E-state index in [1.807, 2.05) is 19.2 Å². The molecule has 1 unspecified atom stereocenters. The van der Waals surface area contributed by atoms with Crippen molar-refractivity contribution in [1.29, 1.82) is 0 Å². The minimum Gasteiger partial charge on any atom is -0.354 e. The van der Waals surface area contributed by atoms with E-state index in [1.165, 1.54) is 37.7 Å². The highest BCUT2D eigenvalue weighted by atomic mass is 15.2. The van der Waals surface area contributed by atoms with Crippen LogP contribution in [0, 0.1) is 0 Å². The quantitative estimate of drug-likeness (QED) is 0.891. The second-order valence-corrected chi connectivity index (χ2v) is 5.34. The van der Waals surface area contributed by atoms with E-state index in [-0.39, 0.29) is 6.04 Å². The predicted octanol–water partition coefficient (Wildman–Crippen LogP) is 3.26. The van der Waals surface area contributed by atoms with Crippen molar-refractivity contribution < 1.29 is 0 Å². The molecule has 3 heteroatoms. The Morgan fingerprint density at radius 1 is 1.44 bits per heavy atom. The van der Waals surface area contributed by atoms with Crippen molar-refractivity contribution in [2.75, 3.05) is 11.4 Å². The van der Waals surface area contributed by atoms with Crippen molar-refractivity contribution in [3.63, 3.8) is 0 Å². The summed E-state index contributed by atoms with van der Waals surface area (Å²) in [6.07, 6.45) is 8.36. The van der Waals surface area contributed by atoms with Gasteiger partial charge in [0.05, 0.1) is 0 Å². The van der Waals surface area contributed by atoms with Gasteiger partial charge in [-0.2, -0.15) is 0 Å². The van der Waals surface area contributed by atoms with E-state index in [1.54, 1.807) is 0 Å². The van der Waals surface area contributed by atoms with Crippen LogP contribution < -0.4 is 10.6 Å². The molecular formula is C15H25N3. The van der Waals surface area contributed by atoms with Crippen LogP contribution in [0.25, 0.3) is 0 Å². The van der Waals surface area contributed by atoms with Crippen LogP contribution in [0.4, 0.5) is 5.82 Å². The van der Waals surface area contributed by atoms with Crippen LogP contribution in [-0.4, -0.2) is 17.6 Å². The molecule has 100 valence electrons. The third-order valence-corrected chi connectivity index (χ3v) is 3.94. The number of hydrogen-bond acceptors (Lipinski definition) is 3. The summed E-state index contributed by atoms with van der Waals surface area (Å²) >= 11 is 0. The highest BCUT2D eigenvalue weighted by Gasteiger charge is 2.20. The van der Waals surface area contributed by atoms with Gasteiger partial charge in [-0.25, -0.2) is 4.98 Å². The monoisotopic (exact) mass is 247 g/mol. The van der Waals surface area contributed by atoms with Crippen LogP contribution in [-0.2, 0) is 0 Å². The van der Waals surface area contributed by atoms with E-state index in [4.69, 9.17) is 5.73 Å². The molecule has 0 bridgehead atoms. The average molecular weight is 247 g/mol. The molecule has 0 amide bonds. The molecule has 0 radical (unpaired) electrons. The Labute approximate surface area is 110 Å². The van der Waals surface area contributed by atoms with Crippen molar-refractivity contribution in [1.82, 2.24) is 4.98 Å². The molecule has 1 saturated heterocycles. The number of pyridine rings is 1. The summed E-state index contributed by atoms with van der Waals surface area (Å²) in [7, 11) is 0. The average Bonchev–Trinajstić information content (AvgIpc) is 2.63. The van der Waals surface area contributed by atoms with Crippen molar-refractivity contribution in [3.05, 3.63) is 23.9 Å². The molecular weight excluding hydrogens is 222 g/mol. The Bertz CT molecular complexity index is 376. The lowest BCUT2D eigenvalue weighted by atomic mass is 10.1.